The van der Waals surface area contributed by atoms with Gasteiger partial charge in [0.2, 0.25) is 0 Å². The molecule has 2 aliphatic rings. The average Bonchev–Trinajstić information content (AvgIpc) is 2.85. The van der Waals surface area contributed by atoms with Crippen LogP contribution in [-0.4, -0.2) is 49.2 Å². The normalized spacial score (nSPS) is 18.6. The second-order valence-corrected chi connectivity index (χ2v) is 6.40. The van der Waals surface area contributed by atoms with Crippen LogP contribution in [0.2, 0.25) is 0 Å². The molecular formula is C19H24N4O. The molecule has 0 amide bonds. The van der Waals surface area contributed by atoms with Crippen molar-refractivity contribution >= 4 is 5.82 Å². The van der Waals surface area contributed by atoms with Gasteiger partial charge in [0.1, 0.15) is 6.61 Å². The molecule has 0 radical (unpaired) electrons. The minimum absolute atomic E-state index is 0.713. The van der Waals surface area contributed by atoms with E-state index in [-0.39, 0.29) is 0 Å². The van der Waals surface area contributed by atoms with Crippen LogP contribution in [-0.2, 0) is 13.1 Å². The van der Waals surface area contributed by atoms with Crippen LogP contribution in [0.4, 0.5) is 5.82 Å². The molecule has 24 heavy (non-hydrogen) atoms. The molecule has 0 spiro atoms. The van der Waals surface area contributed by atoms with Crippen LogP contribution in [0.3, 0.4) is 0 Å². The number of nitrogens with one attached hydrogen (secondary N) is 1. The van der Waals surface area contributed by atoms with E-state index >= 15 is 0 Å². The fourth-order valence-electron chi connectivity index (χ4n) is 3.43. The molecule has 0 saturated carbocycles. The predicted molar refractivity (Wildman–Crippen MR) is 95.4 cm³/mol. The first-order chi connectivity index (χ1) is 11.9. The van der Waals surface area contributed by atoms with Crippen LogP contribution in [0.5, 0.6) is 5.75 Å². The van der Waals surface area contributed by atoms with E-state index in [2.05, 4.69) is 56.5 Å². The molecule has 2 aliphatic heterocycles. The van der Waals surface area contributed by atoms with E-state index in [1.165, 1.54) is 11.1 Å². The lowest BCUT2D eigenvalue weighted by atomic mass is 10.1. The van der Waals surface area contributed by atoms with Gasteiger partial charge in [-0.25, -0.2) is 4.98 Å². The monoisotopic (exact) mass is 324 g/mol. The minimum Gasteiger partial charge on any atom is -0.488 e. The maximum Gasteiger partial charge on any atom is 0.171 e. The molecule has 5 heteroatoms. The SMILES string of the molecule is c1ccc(CN2CCOc3c(ccnc3N3CCNCC3)C2)cc1. The van der Waals surface area contributed by atoms with Gasteiger partial charge < -0.3 is 15.0 Å². The smallest absolute Gasteiger partial charge is 0.171 e. The summed E-state index contributed by atoms with van der Waals surface area (Å²) in [5.41, 5.74) is 2.59. The fraction of sp³-hybridized carbons (Fsp3) is 0.421. The second kappa shape index (κ2) is 7.20. The number of piperazine rings is 1. The number of fused-ring (bicyclic) bond motifs is 1. The highest BCUT2D eigenvalue weighted by molar-refractivity contribution is 5.57. The summed E-state index contributed by atoms with van der Waals surface area (Å²) < 4.78 is 6.13. The van der Waals surface area contributed by atoms with E-state index < -0.39 is 0 Å². The molecule has 0 aliphatic carbocycles. The Labute approximate surface area is 143 Å². The Morgan fingerprint density at radius 1 is 1.04 bits per heavy atom. The molecule has 2 aromatic rings. The summed E-state index contributed by atoms with van der Waals surface area (Å²) in [5, 5.41) is 3.39. The van der Waals surface area contributed by atoms with Gasteiger partial charge in [0.15, 0.2) is 11.6 Å². The molecule has 0 unspecified atom stereocenters. The largest absolute Gasteiger partial charge is 0.488 e. The summed E-state index contributed by atoms with van der Waals surface area (Å²) in [7, 11) is 0. The van der Waals surface area contributed by atoms with Gasteiger partial charge in [-0.1, -0.05) is 30.3 Å². The van der Waals surface area contributed by atoms with Gasteiger partial charge in [-0.3, -0.25) is 4.90 Å². The van der Waals surface area contributed by atoms with Crippen molar-refractivity contribution in [2.75, 3.05) is 44.2 Å². The van der Waals surface area contributed by atoms with Gasteiger partial charge in [-0.15, -0.1) is 0 Å². The van der Waals surface area contributed by atoms with E-state index in [1.807, 2.05) is 6.20 Å². The van der Waals surface area contributed by atoms with Gasteiger partial charge in [-0.2, -0.15) is 0 Å². The third-order valence-electron chi connectivity index (χ3n) is 4.68. The molecular weight excluding hydrogens is 300 g/mol. The Balaban J connectivity index is 1.55. The highest BCUT2D eigenvalue weighted by atomic mass is 16.5. The van der Waals surface area contributed by atoms with E-state index in [4.69, 9.17) is 4.74 Å². The van der Waals surface area contributed by atoms with Gasteiger partial charge in [0, 0.05) is 57.6 Å². The number of rotatable bonds is 3. The van der Waals surface area contributed by atoms with Crippen molar-refractivity contribution in [2.24, 2.45) is 0 Å². The summed E-state index contributed by atoms with van der Waals surface area (Å²) in [6, 6.07) is 12.7. The lowest BCUT2D eigenvalue weighted by Gasteiger charge is -2.30. The highest BCUT2D eigenvalue weighted by Crippen LogP contribution is 2.32. The molecule has 1 fully saturated rings. The third kappa shape index (κ3) is 3.37. The topological polar surface area (TPSA) is 40.6 Å². The van der Waals surface area contributed by atoms with E-state index in [9.17, 15) is 0 Å². The molecule has 5 nitrogen and oxygen atoms in total. The summed E-state index contributed by atoms with van der Waals surface area (Å²) in [6.45, 7) is 7.49. The zero-order valence-electron chi connectivity index (χ0n) is 13.9. The molecule has 4 rings (SSSR count). The molecule has 3 heterocycles. The predicted octanol–water partition coefficient (Wildman–Crippen LogP) is 1.89. The molecule has 1 saturated heterocycles. The Hall–Kier alpha value is -2.11. The Morgan fingerprint density at radius 2 is 1.88 bits per heavy atom. The quantitative estimate of drug-likeness (QED) is 0.934. The van der Waals surface area contributed by atoms with Crippen molar-refractivity contribution in [3.8, 4) is 5.75 Å². The zero-order valence-corrected chi connectivity index (χ0v) is 13.9. The second-order valence-electron chi connectivity index (χ2n) is 6.40. The Morgan fingerprint density at radius 3 is 2.71 bits per heavy atom. The first-order valence-electron chi connectivity index (χ1n) is 8.73. The Bertz CT molecular complexity index is 670. The van der Waals surface area contributed by atoms with Crippen LogP contribution in [0.25, 0.3) is 0 Å². The first kappa shape index (κ1) is 15.4. The lowest BCUT2D eigenvalue weighted by Crippen LogP contribution is -2.44. The summed E-state index contributed by atoms with van der Waals surface area (Å²) in [5.74, 6) is 1.99. The summed E-state index contributed by atoms with van der Waals surface area (Å²) in [4.78, 5) is 9.40. The number of anilines is 1. The van der Waals surface area contributed by atoms with E-state index in [0.717, 1.165) is 57.4 Å². The molecule has 1 N–H and O–H groups in total. The van der Waals surface area contributed by atoms with Crippen molar-refractivity contribution in [1.29, 1.82) is 0 Å². The molecule has 0 atom stereocenters. The number of pyridine rings is 1. The molecule has 1 aromatic heterocycles. The number of aromatic nitrogens is 1. The average molecular weight is 324 g/mol. The standard InChI is InChI=1S/C19H24N4O/c1-2-4-16(5-3-1)14-22-12-13-24-18-17(15-22)6-7-21-19(18)23-10-8-20-9-11-23/h1-7,20H,8-15H2. The van der Waals surface area contributed by atoms with Crippen LogP contribution in [0.1, 0.15) is 11.1 Å². The maximum absolute atomic E-state index is 6.13. The number of ether oxygens (including phenoxy) is 1. The van der Waals surface area contributed by atoms with Crippen LogP contribution >= 0.6 is 0 Å². The zero-order chi connectivity index (χ0) is 16.2. The minimum atomic E-state index is 0.713. The van der Waals surface area contributed by atoms with Gasteiger partial charge in [-0.05, 0) is 11.6 Å². The summed E-state index contributed by atoms with van der Waals surface area (Å²) in [6.07, 6.45) is 1.92. The number of benzene rings is 1. The molecule has 0 bridgehead atoms. The number of nitrogens with zero attached hydrogens (tertiary/aromatic N) is 3. The van der Waals surface area contributed by atoms with Crippen molar-refractivity contribution in [1.82, 2.24) is 15.2 Å². The van der Waals surface area contributed by atoms with Crippen molar-refractivity contribution in [2.45, 2.75) is 13.1 Å². The first-order valence-corrected chi connectivity index (χ1v) is 8.73. The van der Waals surface area contributed by atoms with Crippen molar-refractivity contribution in [3.63, 3.8) is 0 Å². The molecule has 1 aromatic carbocycles. The van der Waals surface area contributed by atoms with E-state index in [1.54, 1.807) is 0 Å². The van der Waals surface area contributed by atoms with Gasteiger partial charge in [0.25, 0.3) is 0 Å². The van der Waals surface area contributed by atoms with Crippen LogP contribution < -0.4 is 15.0 Å². The number of hydrogen-bond acceptors (Lipinski definition) is 5. The summed E-state index contributed by atoms with van der Waals surface area (Å²) >= 11 is 0. The third-order valence-corrected chi connectivity index (χ3v) is 4.68. The fourth-order valence-corrected chi connectivity index (χ4v) is 3.43. The van der Waals surface area contributed by atoms with Gasteiger partial charge >= 0.3 is 0 Å². The van der Waals surface area contributed by atoms with E-state index in [0.29, 0.717) is 6.61 Å². The van der Waals surface area contributed by atoms with Crippen LogP contribution in [0, 0.1) is 0 Å². The molecule has 126 valence electrons. The highest BCUT2D eigenvalue weighted by Gasteiger charge is 2.23. The van der Waals surface area contributed by atoms with Gasteiger partial charge in [0.05, 0.1) is 0 Å². The van der Waals surface area contributed by atoms with Crippen molar-refractivity contribution < 1.29 is 4.74 Å². The maximum atomic E-state index is 6.13. The van der Waals surface area contributed by atoms with Crippen LogP contribution in [0.15, 0.2) is 42.6 Å². The lowest BCUT2D eigenvalue weighted by molar-refractivity contribution is 0.219. The Kier molecular flexibility index (Phi) is 4.62. The number of hydrogen-bond donors (Lipinski definition) is 1. The van der Waals surface area contributed by atoms with Crippen molar-refractivity contribution in [3.05, 3.63) is 53.7 Å².